The van der Waals surface area contributed by atoms with Gasteiger partial charge in [0.1, 0.15) is 12.6 Å². The van der Waals surface area contributed by atoms with Crippen molar-refractivity contribution in [2.75, 3.05) is 41.0 Å². The highest BCUT2D eigenvalue weighted by Gasteiger charge is 2.25. The lowest BCUT2D eigenvalue weighted by atomic mass is 10.1. The summed E-state index contributed by atoms with van der Waals surface area (Å²) < 4.78 is 16.9. The number of nitrogens with zero attached hydrogens (tertiary/aromatic N) is 1. The van der Waals surface area contributed by atoms with Crippen LogP contribution >= 0.6 is 0 Å². The minimum absolute atomic E-state index is 0.00821. The van der Waals surface area contributed by atoms with E-state index in [1.807, 2.05) is 12.2 Å². The van der Waals surface area contributed by atoms with Crippen molar-refractivity contribution in [1.82, 2.24) is 0 Å². The Morgan fingerprint density at radius 3 is 1.47 bits per heavy atom. The van der Waals surface area contributed by atoms with Crippen molar-refractivity contribution in [3.8, 4) is 0 Å². The fraction of sp³-hybridized carbons (Fsp3) is 0.553. The van der Waals surface area contributed by atoms with Gasteiger partial charge in [-0.1, -0.05) is 130 Å². The largest absolute Gasteiger partial charge is 0.544 e. The van der Waals surface area contributed by atoms with Gasteiger partial charge in [-0.25, -0.2) is 0 Å². The number of ether oxygens (including phenoxy) is 3. The maximum atomic E-state index is 12.7. The second-order valence-electron chi connectivity index (χ2n) is 14.1. The fourth-order valence-corrected chi connectivity index (χ4v) is 5.07. The third-order valence-electron chi connectivity index (χ3n) is 8.19. The molecule has 0 aliphatic rings. The van der Waals surface area contributed by atoms with Gasteiger partial charge in [0.15, 0.2) is 6.10 Å². The number of likely N-dealkylation sites (N-methyl/N-ethyl adjacent to an activating group) is 1. The van der Waals surface area contributed by atoms with Gasteiger partial charge in [0.2, 0.25) is 0 Å². The lowest BCUT2D eigenvalue weighted by Gasteiger charge is -2.34. The number of allylic oxidation sites excluding steroid dienone is 17. The van der Waals surface area contributed by atoms with Crippen molar-refractivity contribution >= 4 is 17.9 Å². The van der Waals surface area contributed by atoms with Crippen LogP contribution in [0.2, 0.25) is 0 Å². The number of carbonyl (C=O) groups is 3. The monoisotopic (exact) mass is 764 g/mol. The van der Waals surface area contributed by atoms with Crippen molar-refractivity contribution in [3.63, 3.8) is 0 Å². The Kier molecular flexibility index (Phi) is 34.2. The molecule has 308 valence electrons. The van der Waals surface area contributed by atoms with E-state index < -0.39 is 24.1 Å². The average Bonchev–Trinajstić information content (AvgIpc) is 3.14. The molecule has 0 fully saturated rings. The minimum atomic E-state index is -1.15. The number of carbonyl (C=O) groups excluding carboxylic acids is 3. The summed E-state index contributed by atoms with van der Waals surface area (Å²) in [5.74, 6) is -1.95. The van der Waals surface area contributed by atoms with E-state index in [2.05, 4.69) is 105 Å². The first-order valence-electron chi connectivity index (χ1n) is 20.4. The second kappa shape index (κ2) is 36.9. The molecule has 55 heavy (non-hydrogen) atoms. The van der Waals surface area contributed by atoms with E-state index in [0.29, 0.717) is 6.42 Å². The molecule has 0 rings (SSSR count). The summed E-state index contributed by atoms with van der Waals surface area (Å²) in [5.41, 5.74) is 0. The van der Waals surface area contributed by atoms with Crippen LogP contribution < -0.4 is 5.11 Å². The lowest BCUT2D eigenvalue weighted by molar-refractivity contribution is -0.889. The van der Waals surface area contributed by atoms with Crippen LogP contribution in [0.5, 0.6) is 0 Å². The summed E-state index contributed by atoms with van der Waals surface area (Å²) >= 11 is 0. The summed E-state index contributed by atoms with van der Waals surface area (Å²) in [6, 6.07) is -0.749. The predicted molar refractivity (Wildman–Crippen MR) is 226 cm³/mol. The van der Waals surface area contributed by atoms with E-state index in [0.717, 1.165) is 77.0 Å². The number of carboxylic acids is 1. The lowest BCUT2D eigenvalue weighted by Crippen LogP contribution is -2.55. The second-order valence-corrected chi connectivity index (χ2v) is 14.1. The van der Waals surface area contributed by atoms with Crippen LogP contribution in [0.25, 0.3) is 0 Å². The van der Waals surface area contributed by atoms with Gasteiger partial charge in [-0.3, -0.25) is 9.59 Å². The van der Waals surface area contributed by atoms with Crippen molar-refractivity contribution in [3.05, 3.63) is 109 Å². The Morgan fingerprint density at radius 1 is 0.564 bits per heavy atom. The number of rotatable bonds is 34. The van der Waals surface area contributed by atoms with E-state index in [4.69, 9.17) is 14.2 Å². The van der Waals surface area contributed by atoms with E-state index in [1.54, 1.807) is 27.2 Å². The van der Waals surface area contributed by atoms with Gasteiger partial charge in [0, 0.05) is 12.8 Å². The van der Waals surface area contributed by atoms with Gasteiger partial charge >= 0.3 is 11.9 Å². The highest BCUT2D eigenvalue weighted by atomic mass is 16.6. The normalized spacial score (nSPS) is 14.1. The van der Waals surface area contributed by atoms with E-state index in [-0.39, 0.29) is 49.5 Å². The molecule has 0 N–H and O–H groups in total. The van der Waals surface area contributed by atoms with Gasteiger partial charge in [0.05, 0.1) is 46.7 Å². The van der Waals surface area contributed by atoms with Crippen LogP contribution in [0.4, 0.5) is 0 Å². The summed E-state index contributed by atoms with van der Waals surface area (Å²) in [6.07, 6.45) is 50.2. The van der Waals surface area contributed by atoms with Crippen molar-refractivity contribution in [2.24, 2.45) is 0 Å². The summed E-state index contributed by atoms with van der Waals surface area (Å²) in [4.78, 5) is 36.6. The molecule has 0 aliphatic heterocycles. The molecule has 0 bridgehead atoms. The number of hydrogen-bond acceptors (Lipinski definition) is 7. The third-order valence-corrected chi connectivity index (χ3v) is 8.19. The molecule has 0 saturated heterocycles. The molecule has 8 nitrogen and oxygen atoms in total. The van der Waals surface area contributed by atoms with E-state index in [1.165, 1.54) is 0 Å². The minimum Gasteiger partial charge on any atom is -0.544 e. The zero-order valence-electron chi connectivity index (χ0n) is 34.8. The van der Waals surface area contributed by atoms with Crippen molar-refractivity contribution in [1.29, 1.82) is 0 Å². The fourth-order valence-electron chi connectivity index (χ4n) is 5.07. The SMILES string of the molecule is CC/C=C/C/C=C/C/C=C/C/C=C/C/C=C/C/C=C/CCCCCC(=O)OC(COCCC(C(=O)[O-])[N+](C)(C)C)COC(=O)C/C=C/C/C=C/C/C=C/CC. The number of carboxylic acid groups (broad SMARTS) is 1. The molecule has 0 radical (unpaired) electrons. The Bertz CT molecular complexity index is 1260. The maximum absolute atomic E-state index is 12.7. The van der Waals surface area contributed by atoms with Crippen LogP contribution in [0.3, 0.4) is 0 Å². The van der Waals surface area contributed by atoms with Gasteiger partial charge in [-0.15, -0.1) is 0 Å². The molecule has 0 heterocycles. The molecule has 2 atom stereocenters. The standard InChI is InChI=1S/C47H73NO7/c1-6-8-10-12-14-16-17-18-19-20-21-22-23-24-25-26-27-28-30-32-34-36-38-46(50)55-43(41-53-40-39-44(47(51)52)48(3,4)5)42-54-45(49)37-35-33-31-29-15-13-11-9-7-2/h8-11,14-16,18-19,21-22,24-25,27-29,33,35,43-44H,6-7,12-13,17,20,23,26,30-32,34,36-42H2,1-5H3/b10-8+,11-9+,16-14+,19-18+,22-21+,25-24+,28-27+,29-15+,35-33+. The number of unbranched alkanes of at least 4 members (excludes halogenated alkanes) is 3. The average molecular weight is 764 g/mol. The molecule has 0 aromatic carbocycles. The van der Waals surface area contributed by atoms with E-state index in [9.17, 15) is 19.5 Å². The van der Waals surface area contributed by atoms with Crippen LogP contribution in [0, 0.1) is 0 Å². The molecule has 0 aromatic heterocycles. The zero-order valence-corrected chi connectivity index (χ0v) is 34.8. The number of quaternary nitrogens is 1. The zero-order chi connectivity index (χ0) is 40.7. The smallest absolute Gasteiger partial charge is 0.309 e. The first kappa shape index (κ1) is 51.0. The Hall–Kier alpha value is -4.01. The molecular weight excluding hydrogens is 691 g/mol. The van der Waals surface area contributed by atoms with Crippen LogP contribution in [0.15, 0.2) is 109 Å². The first-order valence-corrected chi connectivity index (χ1v) is 20.4. The highest BCUT2D eigenvalue weighted by molar-refractivity contribution is 5.71. The number of hydrogen-bond donors (Lipinski definition) is 0. The van der Waals surface area contributed by atoms with Crippen molar-refractivity contribution < 1.29 is 38.2 Å². The number of aliphatic carboxylic acids is 1. The van der Waals surface area contributed by atoms with Crippen LogP contribution in [-0.4, -0.2) is 75.5 Å². The van der Waals surface area contributed by atoms with Crippen LogP contribution in [-0.2, 0) is 28.6 Å². The Balaban J connectivity index is 4.48. The molecule has 0 aromatic rings. The summed E-state index contributed by atoms with van der Waals surface area (Å²) in [7, 11) is 5.35. The maximum Gasteiger partial charge on any atom is 0.309 e. The molecule has 0 saturated carbocycles. The third kappa shape index (κ3) is 35.4. The molecule has 0 spiro atoms. The quantitative estimate of drug-likeness (QED) is 0.0279. The Labute approximate surface area is 334 Å². The van der Waals surface area contributed by atoms with Crippen molar-refractivity contribution in [2.45, 2.75) is 129 Å². The highest BCUT2D eigenvalue weighted by Crippen LogP contribution is 2.10. The summed E-state index contributed by atoms with van der Waals surface area (Å²) in [5, 5.41) is 11.6. The van der Waals surface area contributed by atoms with E-state index >= 15 is 0 Å². The molecule has 8 heteroatoms. The molecule has 0 amide bonds. The Morgan fingerprint density at radius 2 is 1.02 bits per heavy atom. The van der Waals surface area contributed by atoms with Gasteiger partial charge in [-0.2, -0.15) is 0 Å². The number of esters is 2. The van der Waals surface area contributed by atoms with Gasteiger partial charge in [0.25, 0.3) is 0 Å². The summed E-state index contributed by atoms with van der Waals surface area (Å²) in [6.45, 7) is 4.24. The topological polar surface area (TPSA) is 102 Å². The van der Waals surface area contributed by atoms with Gasteiger partial charge in [-0.05, 0) is 77.0 Å². The molecular formula is C47H73NO7. The predicted octanol–water partition coefficient (Wildman–Crippen LogP) is 9.57. The van der Waals surface area contributed by atoms with Crippen LogP contribution in [0.1, 0.15) is 117 Å². The molecule has 0 aliphatic carbocycles. The van der Waals surface area contributed by atoms with Gasteiger partial charge < -0.3 is 28.6 Å². The molecule has 2 unspecified atom stereocenters. The first-order chi connectivity index (χ1) is 26.6.